The van der Waals surface area contributed by atoms with Gasteiger partial charge in [0.1, 0.15) is 18.2 Å². The molecule has 0 aliphatic heterocycles. The Balaban J connectivity index is 1.76. The molecule has 0 spiro atoms. The van der Waals surface area contributed by atoms with Crippen molar-refractivity contribution in [3.05, 3.63) is 84.3 Å². The molecule has 3 aromatic rings. The summed E-state index contributed by atoms with van der Waals surface area (Å²) < 4.78 is 19.7. The van der Waals surface area contributed by atoms with Gasteiger partial charge in [0.2, 0.25) is 0 Å². The van der Waals surface area contributed by atoms with E-state index in [1.165, 1.54) is 6.07 Å². The van der Waals surface area contributed by atoms with Crippen molar-refractivity contribution in [1.29, 1.82) is 0 Å². The molecule has 0 unspecified atom stereocenters. The van der Waals surface area contributed by atoms with Gasteiger partial charge in [-0.2, -0.15) is 0 Å². The van der Waals surface area contributed by atoms with E-state index in [0.717, 1.165) is 5.56 Å². The summed E-state index contributed by atoms with van der Waals surface area (Å²) in [5.74, 6) is 0.176. The Bertz CT molecular complexity index is 714. The molecule has 2 aromatic carbocycles. The quantitative estimate of drug-likeness (QED) is 0.703. The maximum absolute atomic E-state index is 14.1. The molecule has 104 valence electrons. The van der Waals surface area contributed by atoms with Gasteiger partial charge in [0, 0.05) is 17.8 Å². The van der Waals surface area contributed by atoms with Gasteiger partial charge in [-0.15, -0.1) is 0 Å². The summed E-state index contributed by atoms with van der Waals surface area (Å²) in [5, 5.41) is 0. The van der Waals surface area contributed by atoms with Gasteiger partial charge in [-0.05, 0) is 29.8 Å². The topological polar surface area (TPSA) is 22.1 Å². The fourth-order valence-electron chi connectivity index (χ4n) is 2.06. The van der Waals surface area contributed by atoms with Crippen molar-refractivity contribution in [2.24, 2.45) is 0 Å². The lowest BCUT2D eigenvalue weighted by Gasteiger charge is -2.08. The molecular formula is C18H14FNO. The van der Waals surface area contributed by atoms with E-state index < -0.39 is 0 Å². The summed E-state index contributed by atoms with van der Waals surface area (Å²) in [5.41, 5.74) is 2.14. The minimum absolute atomic E-state index is 0.334. The van der Waals surface area contributed by atoms with E-state index in [0.29, 0.717) is 23.6 Å². The lowest BCUT2D eigenvalue weighted by atomic mass is 10.1. The van der Waals surface area contributed by atoms with Crippen LogP contribution in [0, 0.1) is 5.82 Å². The Morgan fingerprint density at radius 1 is 0.905 bits per heavy atom. The molecule has 1 aromatic heterocycles. The minimum atomic E-state index is -0.334. The molecule has 0 fully saturated rings. The van der Waals surface area contributed by atoms with Crippen LogP contribution in [0.3, 0.4) is 0 Å². The summed E-state index contributed by atoms with van der Waals surface area (Å²) >= 11 is 0. The van der Waals surface area contributed by atoms with Crippen molar-refractivity contribution < 1.29 is 9.13 Å². The fourth-order valence-corrected chi connectivity index (χ4v) is 2.06. The number of pyridine rings is 1. The molecule has 2 nitrogen and oxygen atoms in total. The minimum Gasteiger partial charge on any atom is -0.489 e. The third-order valence-corrected chi connectivity index (χ3v) is 3.13. The highest BCUT2D eigenvalue weighted by molar-refractivity contribution is 5.60. The second-order valence-corrected chi connectivity index (χ2v) is 4.63. The van der Waals surface area contributed by atoms with Gasteiger partial charge in [-0.1, -0.05) is 36.4 Å². The van der Waals surface area contributed by atoms with Gasteiger partial charge in [-0.3, -0.25) is 4.98 Å². The molecule has 0 N–H and O–H groups in total. The van der Waals surface area contributed by atoms with Crippen LogP contribution in [-0.2, 0) is 6.61 Å². The first-order chi connectivity index (χ1) is 10.3. The summed E-state index contributed by atoms with van der Waals surface area (Å²) in [6.45, 7) is 0.420. The highest BCUT2D eigenvalue weighted by Crippen LogP contribution is 2.25. The predicted octanol–water partition coefficient (Wildman–Crippen LogP) is 4.47. The van der Waals surface area contributed by atoms with E-state index in [1.54, 1.807) is 30.5 Å². The van der Waals surface area contributed by atoms with Gasteiger partial charge in [-0.25, -0.2) is 4.39 Å². The van der Waals surface area contributed by atoms with Crippen LogP contribution in [0.15, 0.2) is 72.9 Å². The van der Waals surface area contributed by atoms with Gasteiger partial charge < -0.3 is 4.74 Å². The monoisotopic (exact) mass is 279 g/mol. The number of aromatic nitrogens is 1. The number of ether oxygens (including phenoxy) is 1. The van der Waals surface area contributed by atoms with E-state index in [2.05, 4.69) is 4.98 Å². The maximum atomic E-state index is 14.1. The van der Waals surface area contributed by atoms with Crippen LogP contribution < -0.4 is 4.74 Å². The van der Waals surface area contributed by atoms with Crippen LogP contribution in [0.5, 0.6) is 5.75 Å². The van der Waals surface area contributed by atoms with Gasteiger partial charge in [0.25, 0.3) is 0 Å². The fraction of sp³-hybridized carbons (Fsp3) is 0.0556. The van der Waals surface area contributed by atoms with E-state index in [4.69, 9.17) is 4.74 Å². The SMILES string of the molecule is Fc1cc(OCc2ccccc2)ccc1-c1ccccn1. The summed E-state index contributed by atoms with van der Waals surface area (Å²) in [6.07, 6.45) is 1.65. The average molecular weight is 279 g/mol. The summed E-state index contributed by atoms with van der Waals surface area (Å²) in [7, 11) is 0. The highest BCUT2D eigenvalue weighted by Gasteiger charge is 2.07. The van der Waals surface area contributed by atoms with Gasteiger partial charge >= 0.3 is 0 Å². The Morgan fingerprint density at radius 2 is 1.71 bits per heavy atom. The van der Waals surface area contributed by atoms with Crippen LogP contribution in [-0.4, -0.2) is 4.98 Å². The zero-order valence-corrected chi connectivity index (χ0v) is 11.4. The number of hydrogen-bond acceptors (Lipinski definition) is 2. The van der Waals surface area contributed by atoms with E-state index in [1.807, 2.05) is 36.4 Å². The standard InChI is InChI=1S/C18H14FNO/c19-17-12-15(21-13-14-6-2-1-3-7-14)9-10-16(17)18-8-4-5-11-20-18/h1-12H,13H2. The average Bonchev–Trinajstić information content (AvgIpc) is 2.55. The zero-order valence-electron chi connectivity index (χ0n) is 11.4. The third-order valence-electron chi connectivity index (χ3n) is 3.13. The summed E-state index contributed by atoms with van der Waals surface area (Å²) in [6, 6.07) is 20.1. The second-order valence-electron chi connectivity index (χ2n) is 4.63. The van der Waals surface area contributed by atoms with Crippen LogP contribution >= 0.6 is 0 Å². The highest BCUT2D eigenvalue weighted by atomic mass is 19.1. The molecule has 0 bridgehead atoms. The van der Waals surface area contributed by atoms with Crippen LogP contribution in [0.4, 0.5) is 4.39 Å². The number of halogens is 1. The van der Waals surface area contributed by atoms with Crippen molar-refractivity contribution >= 4 is 0 Å². The lowest BCUT2D eigenvalue weighted by molar-refractivity contribution is 0.304. The molecule has 0 amide bonds. The van der Waals surface area contributed by atoms with Crippen LogP contribution in [0.2, 0.25) is 0 Å². The first-order valence-corrected chi connectivity index (χ1v) is 6.70. The predicted molar refractivity (Wildman–Crippen MR) is 80.4 cm³/mol. The molecule has 0 radical (unpaired) electrons. The number of nitrogens with zero attached hydrogens (tertiary/aromatic N) is 1. The molecule has 0 saturated heterocycles. The molecule has 0 saturated carbocycles. The molecule has 0 aliphatic carbocycles. The Hall–Kier alpha value is -2.68. The van der Waals surface area contributed by atoms with Crippen LogP contribution in [0.1, 0.15) is 5.56 Å². The van der Waals surface area contributed by atoms with E-state index >= 15 is 0 Å². The Labute approximate surface area is 122 Å². The molecule has 0 atom stereocenters. The Kier molecular flexibility index (Phi) is 3.92. The van der Waals surface area contributed by atoms with Crippen molar-refractivity contribution in [2.45, 2.75) is 6.61 Å². The number of hydrogen-bond donors (Lipinski definition) is 0. The first kappa shape index (κ1) is 13.3. The lowest BCUT2D eigenvalue weighted by Crippen LogP contribution is -1.96. The molecule has 1 heterocycles. The van der Waals surface area contributed by atoms with Gasteiger partial charge in [0.15, 0.2) is 0 Å². The normalized spacial score (nSPS) is 10.3. The van der Waals surface area contributed by atoms with Crippen molar-refractivity contribution in [1.82, 2.24) is 4.98 Å². The summed E-state index contributed by atoms with van der Waals surface area (Å²) in [4.78, 5) is 4.15. The molecule has 0 aliphatic rings. The third kappa shape index (κ3) is 3.26. The van der Waals surface area contributed by atoms with Crippen molar-refractivity contribution in [3.8, 4) is 17.0 Å². The molecular weight excluding hydrogens is 265 g/mol. The maximum Gasteiger partial charge on any atom is 0.136 e. The van der Waals surface area contributed by atoms with E-state index in [-0.39, 0.29) is 5.82 Å². The van der Waals surface area contributed by atoms with Crippen LogP contribution in [0.25, 0.3) is 11.3 Å². The zero-order chi connectivity index (χ0) is 14.5. The smallest absolute Gasteiger partial charge is 0.136 e. The van der Waals surface area contributed by atoms with Crippen molar-refractivity contribution in [3.63, 3.8) is 0 Å². The molecule has 3 heteroatoms. The van der Waals surface area contributed by atoms with Gasteiger partial charge in [0.05, 0.1) is 5.69 Å². The molecule has 3 rings (SSSR count). The second kappa shape index (κ2) is 6.18. The largest absolute Gasteiger partial charge is 0.489 e. The number of benzene rings is 2. The van der Waals surface area contributed by atoms with Crippen molar-refractivity contribution in [2.75, 3.05) is 0 Å². The molecule has 21 heavy (non-hydrogen) atoms. The first-order valence-electron chi connectivity index (χ1n) is 6.70. The number of rotatable bonds is 4. The van der Waals surface area contributed by atoms with E-state index in [9.17, 15) is 4.39 Å². The Morgan fingerprint density at radius 3 is 2.43 bits per heavy atom.